The van der Waals surface area contributed by atoms with Crippen LogP contribution in [-0.4, -0.2) is 36.7 Å². The van der Waals surface area contributed by atoms with E-state index >= 15 is 0 Å². The number of nitrogens with zero attached hydrogens (tertiary/aromatic N) is 5. The van der Waals surface area contributed by atoms with Crippen molar-refractivity contribution in [2.45, 2.75) is 11.6 Å². The van der Waals surface area contributed by atoms with Gasteiger partial charge in [-0.05, 0) is 17.7 Å². The average Bonchev–Trinajstić information content (AvgIpc) is 2.91. The number of rotatable bonds is 5. The molecule has 0 saturated carbocycles. The molecule has 0 fully saturated rings. The van der Waals surface area contributed by atoms with E-state index in [0.29, 0.717) is 27.8 Å². The Morgan fingerprint density at radius 2 is 2.05 bits per heavy atom. The molecule has 22 heavy (non-hydrogen) atoms. The molecule has 0 aliphatic carbocycles. The number of aliphatic carboxylic acids is 1. The van der Waals surface area contributed by atoms with E-state index in [0.717, 1.165) is 17.3 Å². The van der Waals surface area contributed by atoms with E-state index in [-0.39, 0.29) is 5.75 Å². The molecule has 3 rings (SSSR count). The second kappa shape index (κ2) is 6.29. The second-order valence-corrected chi connectivity index (χ2v) is 5.79. The fourth-order valence-electron chi connectivity index (χ4n) is 1.87. The topological polar surface area (TPSA) is 96.6 Å². The molecule has 0 atom stereocenters. The highest BCUT2D eigenvalue weighted by molar-refractivity contribution is 8.00. The summed E-state index contributed by atoms with van der Waals surface area (Å²) in [6, 6.07) is 7.38. The van der Waals surface area contributed by atoms with Gasteiger partial charge >= 0.3 is 0 Å². The Labute approximate surface area is 134 Å². The number of carboxylic acids is 1. The maximum atomic E-state index is 10.6. The largest absolute Gasteiger partial charge is 0.549 e. The smallest absolute Gasteiger partial charge is 0.183 e. The van der Waals surface area contributed by atoms with Gasteiger partial charge in [0.15, 0.2) is 11.2 Å². The molecule has 0 spiro atoms. The molecule has 0 saturated heterocycles. The van der Waals surface area contributed by atoms with Crippen molar-refractivity contribution in [1.29, 1.82) is 0 Å². The summed E-state index contributed by atoms with van der Waals surface area (Å²) >= 11 is 6.89. The first-order valence-corrected chi connectivity index (χ1v) is 7.61. The molecule has 0 N–H and O–H groups in total. The van der Waals surface area contributed by atoms with Crippen LogP contribution in [0, 0.1) is 0 Å². The fraction of sp³-hybridized carbons (Fsp3) is 0.154. The molecule has 7 nitrogen and oxygen atoms in total. The minimum Gasteiger partial charge on any atom is -0.549 e. The van der Waals surface area contributed by atoms with Crippen molar-refractivity contribution in [3.05, 3.63) is 41.2 Å². The molecule has 0 radical (unpaired) electrons. The van der Waals surface area contributed by atoms with Crippen LogP contribution in [0.2, 0.25) is 5.02 Å². The highest BCUT2D eigenvalue weighted by atomic mass is 35.5. The van der Waals surface area contributed by atoms with Crippen LogP contribution in [-0.2, 0) is 11.3 Å². The third kappa shape index (κ3) is 3.18. The zero-order valence-corrected chi connectivity index (χ0v) is 12.7. The van der Waals surface area contributed by atoms with Crippen molar-refractivity contribution >= 4 is 40.5 Å². The molecule has 0 aliphatic heterocycles. The van der Waals surface area contributed by atoms with Crippen LogP contribution in [0.25, 0.3) is 11.2 Å². The molecule has 2 aromatic heterocycles. The van der Waals surface area contributed by atoms with Gasteiger partial charge in [0, 0.05) is 10.8 Å². The SMILES string of the molecule is O=C([O-])CSc1ncnc2c1nnn2Cc1ccc(Cl)cc1. The standard InChI is InChI=1S/C13H10ClN5O2S/c14-9-3-1-8(2-4-9)5-19-12-11(17-18-19)13(16-7-15-12)22-6-10(20)21/h1-4,7H,5-6H2,(H,20,21)/p-1. The number of carbonyl (C=O) groups excluding carboxylic acids is 1. The summed E-state index contributed by atoms with van der Waals surface area (Å²) < 4.78 is 1.63. The van der Waals surface area contributed by atoms with Gasteiger partial charge in [-0.15, -0.1) is 5.10 Å². The molecule has 0 bridgehead atoms. The van der Waals surface area contributed by atoms with Crippen LogP contribution in [0.1, 0.15) is 5.56 Å². The Morgan fingerprint density at radius 1 is 1.27 bits per heavy atom. The number of benzene rings is 1. The van der Waals surface area contributed by atoms with Crippen molar-refractivity contribution in [1.82, 2.24) is 25.0 Å². The van der Waals surface area contributed by atoms with E-state index in [4.69, 9.17) is 11.6 Å². The van der Waals surface area contributed by atoms with Crippen LogP contribution < -0.4 is 5.11 Å². The van der Waals surface area contributed by atoms with Crippen molar-refractivity contribution in [3.8, 4) is 0 Å². The summed E-state index contributed by atoms with van der Waals surface area (Å²) in [7, 11) is 0. The van der Waals surface area contributed by atoms with E-state index < -0.39 is 5.97 Å². The van der Waals surface area contributed by atoms with Gasteiger partial charge in [0.2, 0.25) is 0 Å². The molecule has 2 heterocycles. The summed E-state index contributed by atoms with van der Waals surface area (Å²) in [5, 5.41) is 19.8. The average molecular weight is 335 g/mol. The van der Waals surface area contributed by atoms with E-state index in [1.165, 1.54) is 6.33 Å². The molecule has 1 aromatic carbocycles. The molecular weight excluding hydrogens is 326 g/mol. The Kier molecular flexibility index (Phi) is 4.21. The lowest BCUT2D eigenvalue weighted by molar-refractivity contribution is -0.301. The van der Waals surface area contributed by atoms with Gasteiger partial charge in [-0.25, -0.2) is 14.6 Å². The maximum absolute atomic E-state index is 10.6. The van der Waals surface area contributed by atoms with Crippen molar-refractivity contribution in [2.24, 2.45) is 0 Å². The lowest BCUT2D eigenvalue weighted by atomic mass is 10.2. The van der Waals surface area contributed by atoms with Gasteiger partial charge in [-0.1, -0.05) is 40.7 Å². The Morgan fingerprint density at radius 3 is 2.77 bits per heavy atom. The summed E-state index contributed by atoms with van der Waals surface area (Å²) in [6.45, 7) is 0.481. The van der Waals surface area contributed by atoms with Gasteiger partial charge in [-0.2, -0.15) is 0 Å². The van der Waals surface area contributed by atoms with Crippen LogP contribution >= 0.6 is 23.4 Å². The zero-order chi connectivity index (χ0) is 15.5. The molecule has 0 amide bonds. The van der Waals surface area contributed by atoms with Crippen LogP contribution in [0.5, 0.6) is 0 Å². The first kappa shape index (κ1) is 14.7. The number of aromatic nitrogens is 5. The summed E-state index contributed by atoms with van der Waals surface area (Å²) in [5.41, 5.74) is 2.02. The molecule has 3 aromatic rings. The van der Waals surface area contributed by atoms with Gasteiger partial charge < -0.3 is 9.90 Å². The lowest BCUT2D eigenvalue weighted by Crippen LogP contribution is -2.24. The maximum Gasteiger partial charge on any atom is 0.183 e. The second-order valence-electron chi connectivity index (χ2n) is 4.39. The number of fused-ring (bicyclic) bond motifs is 1. The molecular formula is C13H9ClN5O2S-. The predicted molar refractivity (Wildman–Crippen MR) is 79.4 cm³/mol. The fourth-order valence-corrected chi connectivity index (χ4v) is 2.64. The molecule has 112 valence electrons. The first-order chi connectivity index (χ1) is 10.6. The van der Waals surface area contributed by atoms with Crippen molar-refractivity contribution in [2.75, 3.05) is 5.75 Å². The summed E-state index contributed by atoms with van der Waals surface area (Å²) in [5.74, 6) is -1.36. The number of carboxylic acid groups (broad SMARTS) is 1. The summed E-state index contributed by atoms with van der Waals surface area (Å²) in [4.78, 5) is 18.8. The van der Waals surface area contributed by atoms with Crippen molar-refractivity contribution in [3.63, 3.8) is 0 Å². The minimum atomic E-state index is -1.16. The number of halogens is 1. The zero-order valence-electron chi connectivity index (χ0n) is 11.1. The van der Waals surface area contributed by atoms with Gasteiger partial charge in [-0.3, -0.25) is 0 Å². The van der Waals surface area contributed by atoms with Gasteiger partial charge in [0.25, 0.3) is 0 Å². The van der Waals surface area contributed by atoms with Gasteiger partial charge in [0.1, 0.15) is 11.4 Å². The third-order valence-corrected chi connectivity index (χ3v) is 4.04. The molecule has 9 heteroatoms. The first-order valence-electron chi connectivity index (χ1n) is 6.25. The normalized spacial score (nSPS) is 11.0. The number of hydrogen-bond acceptors (Lipinski definition) is 7. The van der Waals surface area contributed by atoms with Crippen LogP contribution in [0.15, 0.2) is 35.6 Å². The third-order valence-electron chi connectivity index (χ3n) is 2.84. The molecule has 0 unspecified atom stereocenters. The molecule has 0 aliphatic rings. The number of carbonyl (C=O) groups is 1. The number of thioether (sulfide) groups is 1. The quantitative estimate of drug-likeness (QED) is 0.502. The van der Waals surface area contributed by atoms with Crippen molar-refractivity contribution < 1.29 is 9.90 Å². The Balaban J connectivity index is 1.90. The Hall–Kier alpha value is -2.19. The van der Waals surface area contributed by atoms with E-state index in [1.54, 1.807) is 16.8 Å². The lowest BCUT2D eigenvalue weighted by Gasteiger charge is -2.03. The van der Waals surface area contributed by atoms with E-state index in [2.05, 4.69) is 20.3 Å². The minimum absolute atomic E-state index is 0.198. The highest BCUT2D eigenvalue weighted by Crippen LogP contribution is 2.22. The Bertz CT molecular complexity index is 821. The van der Waals surface area contributed by atoms with E-state index in [9.17, 15) is 9.90 Å². The van der Waals surface area contributed by atoms with Crippen LogP contribution in [0.3, 0.4) is 0 Å². The van der Waals surface area contributed by atoms with E-state index in [1.807, 2.05) is 12.1 Å². The predicted octanol–water partition coefficient (Wildman–Crippen LogP) is 0.765. The van der Waals surface area contributed by atoms with Gasteiger partial charge in [0.05, 0.1) is 12.5 Å². The highest BCUT2D eigenvalue weighted by Gasteiger charge is 2.12. The number of hydrogen-bond donors (Lipinski definition) is 0. The monoisotopic (exact) mass is 334 g/mol. The van der Waals surface area contributed by atoms with Crippen LogP contribution in [0.4, 0.5) is 0 Å². The summed E-state index contributed by atoms with van der Waals surface area (Å²) in [6.07, 6.45) is 1.36.